The largest absolute Gasteiger partial charge is 0.336 e. The van der Waals surface area contributed by atoms with Gasteiger partial charge in [-0.2, -0.15) is 0 Å². The summed E-state index contributed by atoms with van der Waals surface area (Å²) in [6.45, 7) is 2.62. The maximum Gasteiger partial charge on any atom is 0.332 e. The number of H-pyrrole nitrogens is 1. The first-order chi connectivity index (χ1) is 11.0. The van der Waals surface area contributed by atoms with Crippen LogP contribution in [0.4, 0.5) is 0 Å². The Bertz CT molecular complexity index is 928. The van der Waals surface area contributed by atoms with E-state index in [0.717, 1.165) is 30.0 Å². The van der Waals surface area contributed by atoms with E-state index in [4.69, 9.17) is 4.98 Å². The smallest absolute Gasteiger partial charge is 0.332 e. The first-order valence-electron chi connectivity index (χ1n) is 8.74. The molecule has 2 bridgehead atoms. The van der Waals surface area contributed by atoms with E-state index in [1.807, 2.05) is 6.92 Å². The number of imidazole rings is 1. The van der Waals surface area contributed by atoms with E-state index in [9.17, 15) is 9.59 Å². The van der Waals surface area contributed by atoms with Gasteiger partial charge in [0.25, 0.3) is 5.56 Å². The summed E-state index contributed by atoms with van der Waals surface area (Å²) in [4.78, 5) is 33.0. The molecule has 1 N–H and O–H groups in total. The Hall–Kier alpha value is -1.85. The van der Waals surface area contributed by atoms with Gasteiger partial charge < -0.3 is 4.98 Å². The molecule has 0 aliphatic heterocycles. The van der Waals surface area contributed by atoms with Crippen LogP contribution >= 0.6 is 0 Å². The van der Waals surface area contributed by atoms with E-state index in [-0.39, 0.29) is 16.7 Å². The van der Waals surface area contributed by atoms with Gasteiger partial charge in [-0.15, -0.1) is 0 Å². The topological polar surface area (TPSA) is 72.7 Å². The van der Waals surface area contributed by atoms with Crippen molar-refractivity contribution in [3.05, 3.63) is 26.7 Å². The van der Waals surface area contributed by atoms with Gasteiger partial charge in [-0.05, 0) is 49.9 Å². The number of rotatable bonds is 3. The summed E-state index contributed by atoms with van der Waals surface area (Å²) in [7, 11) is 1.55. The van der Waals surface area contributed by atoms with E-state index in [1.165, 1.54) is 30.3 Å². The van der Waals surface area contributed by atoms with Crippen molar-refractivity contribution in [3.8, 4) is 0 Å². The first-order valence-corrected chi connectivity index (χ1v) is 8.74. The van der Waals surface area contributed by atoms with Crippen LogP contribution in [-0.4, -0.2) is 19.1 Å². The minimum Gasteiger partial charge on any atom is -0.336 e. The van der Waals surface area contributed by atoms with Gasteiger partial charge in [0.2, 0.25) is 0 Å². The molecule has 6 nitrogen and oxygen atoms in total. The number of aromatic nitrogens is 4. The van der Waals surface area contributed by atoms with Gasteiger partial charge in [0.05, 0.1) is 0 Å². The minimum atomic E-state index is -0.266. The van der Waals surface area contributed by atoms with Crippen LogP contribution in [0.3, 0.4) is 0 Å². The van der Waals surface area contributed by atoms with Crippen LogP contribution in [-0.2, 0) is 19.0 Å². The van der Waals surface area contributed by atoms with E-state index in [0.29, 0.717) is 17.7 Å². The molecule has 0 unspecified atom stereocenters. The summed E-state index contributed by atoms with van der Waals surface area (Å²) in [5, 5.41) is 0. The van der Waals surface area contributed by atoms with Gasteiger partial charge in [-0.1, -0.05) is 6.92 Å². The highest BCUT2D eigenvalue weighted by molar-refractivity contribution is 5.70. The van der Waals surface area contributed by atoms with Gasteiger partial charge in [0.1, 0.15) is 11.3 Å². The van der Waals surface area contributed by atoms with Crippen molar-refractivity contribution < 1.29 is 0 Å². The first kappa shape index (κ1) is 13.6. The predicted molar refractivity (Wildman–Crippen MR) is 86.5 cm³/mol. The Morgan fingerprint density at radius 1 is 1.26 bits per heavy atom. The number of nitrogens with one attached hydrogen (secondary N) is 1. The van der Waals surface area contributed by atoms with Gasteiger partial charge in [0, 0.05) is 19.0 Å². The Balaban J connectivity index is 1.70. The van der Waals surface area contributed by atoms with Crippen molar-refractivity contribution in [2.45, 2.75) is 51.0 Å². The molecule has 2 aromatic rings. The molecule has 4 fully saturated rings. The van der Waals surface area contributed by atoms with Crippen molar-refractivity contribution in [1.82, 2.24) is 19.1 Å². The maximum atomic E-state index is 12.5. The molecule has 0 amide bonds. The normalized spacial score (nSPS) is 34.3. The zero-order valence-corrected chi connectivity index (χ0v) is 13.6. The summed E-state index contributed by atoms with van der Waals surface area (Å²) < 4.78 is 2.84. The Labute approximate surface area is 133 Å². The van der Waals surface area contributed by atoms with Gasteiger partial charge in [-0.25, -0.2) is 9.78 Å². The van der Waals surface area contributed by atoms with Crippen LogP contribution < -0.4 is 11.2 Å². The molecule has 6 heteroatoms. The van der Waals surface area contributed by atoms with Crippen LogP contribution in [0, 0.1) is 17.8 Å². The number of nitrogens with zero attached hydrogens (tertiary/aromatic N) is 3. The Morgan fingerprint density at radius 2 is 2.00 bits per heavy atom. The lowest BCUT2D eigenvalue weighted by molar-refractivity contribution is 0.0533. The van der Waals surface area contributed by atoms with Gasteiger partial charge in [-0.3, -0.25) is 13.9 Å². The summed E-state index contributed by atoms with van der Waals surface area (Å²) in [6, 6.07) is 0. The maximum absolute atomic E-state index is 12.5. The lowest BCUT2D eigenvalue weighted by atomic mass is 9.54. The molecule has 0 spiro atoms. The molecule has 4 aliphatic rings. The number of fused-ring (bicyclic) bond motifs is 1. The zero-order chi connectivity index (χ0) is 15.9. The van der Waals surface area contributed by atoms with Crippen LogP contribution in [0.15, 0.2) is 9.59 Å². The molecular weight excluding hydrogens is 292 g/mol. The molecule has 2 aromatic heterocycles. The highest BCUT2D eigenvalue weighted by Crippen LogP contribution is 2.69. The molecule has 4 saturated carbocycles. The fourth-order valence-corrected chi connectivity index (χ4v) is 5.20. The van der Waals surface area contributed by atoms with Crippen molar-refractivity contribution in [3.63, 3.8) is 0 Å². The Kier molecular flexibility index (Phi) is 2.46. The third-order valence-corrected chi connectivity index (χ3v) is 6.47. The average Bonchev–Trinajstić information content (AvgIpc) is 3.18. The van der Waals surface area contributed by atoms with E-state index >= 15 is 0 Å². The molecule has 0 radical (unpaired) electrons. The molecule has 0 saturated heterocycles. The van der Waals surface area contributed by atoms with E-state index < -0.39 is 0 Å². The van der Waals surface area contributed by atoms with Gasteiger partial charge >= 0.3 is 5.69 Å². The molecule has 23 heavy (non-hydrogen) atoms. The second-order valence-electron chi connectivity index (χ2n) is 7.89. The summed E-state index contributed by atoms with van der Waals surface area (Å²) in [5.74, 6) is 3.65. The second-order valence-corrected chi connectivity index (χ2v) is 7.89. The molecular formula is C17H22N4O2. The zero-order valence-electron chi connectivity index (χ0n) is 13.6. The minimum absolute atomic E-state index is 0.138. The fraction of sp³-hybridized carbons (Fsp3) is 0.706. The highest BCUT2D eigenvalue weighted by Gasteiger charge is 2.63. The van der Waals surface area contributed by atoms with E-state index in [2.05, 4.69) is 4.98 Å². The molecule has 2 atom stereocenters. The molecule has 4 aliphatic carbocycles. The van der Waals surface area contributed by atoms with Crippen LogP contribution in [0.1, 0.15) is 44.9 Å². The van der Waals surface area contributed by atoms with Crippen molar-refractivity contribution in [2.24, 2.45) is 24.8 Å². The second kappa shape index (κ2) is 4.16. The van der Waals surface area contributed by atoms with Crippen LogP contribution in [0.2, 0.25) is 0 Å². The summed E-state index contributed by atoms with van der Waals surface area (Å²) >= 11 is 0. The van der Waals surface area contributed by atoms with Crippen LogP contribution in [0.25, 0.3) is 11.2 Å². The number of hydrogen-bond acceptors (Lipinski definition) is 3. The predicted octanol–water partition coefficient (Wildman–Crippen LogP) is 1.52. The highest BCUT2D eigenvalue weighted by atomic mass is 16.2. The van der Waals surface area contributed by atoms with Gasteiger partial charge in [0.15, 0.2) is 5.65 Å². The number of hydrogen-bond donors (Lipinski definition) is 1. The van der Waals surface area contributed by atoms with Crippen molar-refractivity contribution in [1.29, 1.82) is 0 Å². The summed E-state index contributed by atoms with van der Waals surface area (Å²) in [6.07, 6.45) is 5.83. The molecule has 0 aromatic carbocycles. The summed E-state index contributed by atoms with van der Waals surface area (Å²) in [5.41, 5.74) is 0.650. The number of aromatic amines is 1. The quantitative estimate of drug-likeness (QED) is 0.933. The number of aryl methyl sites for hydroxylation is 1. The third-order valence-electron chi connectivity index (χ3n) is 6.47. The fourth-order valence-electron chi connectivity index (χ4n) is 5.20. The van der Waals surface area contributed by atoms with Crippen LogP contribution in [0.5, 0.6) is 0 Å². The lowest BCUT2D eigenvalue weighted by Gasteiger charge is -2.51. The average molecular weight is 314 g/mol. The van der Waals surface area contributed by atoms with E-state index in [1.54, 1.807) is 11.6 Å². The molecule has 6 rings (SSSR count). The lowest BCUT2D eigenvalue weighted by Crippen LogP contribution is -2.47. The SMILES string of the molecule is CCCn1c(=O)n(C)c(=O)c2[nH]c(C34CC(C3)[C@@H]3C[C@@H]3C4)nc21. The third kappa shape index (κ3) is 1.61. The monoisotopic (exact) mass is 314 g/mol. The van der Waals surface area contributed by atoms with Crippen molar-refractivity contribution >= 4 is 11.2 Å². The Morgan fingerprint density at radius 3 is 2.70 bits per heavy atom. The van der Waals surface area contributed by atoms with Crippen molar-refractivity contribution in [2.75, 3.05) is 0 Å². The standard InChI is InChI=1S/C17H22N4O2/c1-3-4-21-13-12(14(22)20(2)16(21)23)18-15(19-13)17-6-9-5-11(9)10(7-17)8-17/h9-11H,3-8H2,1-2H3,(H,18,19)/t9-,10?,11-,17?/m1/s1. The molecule has 122 valence electrons. The molecule has 2 heterocycles.